The minimum absolute atomic E-state index is 0.0741. The van der Waals surface area contributed by atoms with E-state index < -0.39 is 0 Å². The number of aldehydes is 1. The second-order valence-corrected chi connectivity index (χ2v) is 5.19. The molecular formula is C21H19NO2. The zero-order valence-electron chi connectivity index (χ0n) is 13.5. The van der Waals surface area contributed by atoms with Gasteiger partial charge < -0.3 is 5.32 Å². The van der Waals surface area contributed by atoms with E-state index in [1.165, 1.54) is 0 Å². The Morgan fingerprint density at radius 1 is 0.917 bits per heavy atom. The Balaban J connectivity index is 2.25. The van der Waals surface area contributed by atoms with Gasteiger partial charge in [-0.3, -0.25) is 9.59 Å². The van der Waals surface area contributed by atoms with Crippen LogP contribution in [0.3, 0.4) is 0 Å². The first kappa shape index (κ1) is 17.2. The molecular weight excluding hydrogens is 298 g/mol. The first-order valence-corrected chi connectivity index (χ1v) is 7.62. The summed E-state index contributed by atoms with van der Waals surface area (Å²) in [5.41, 5.74) is 2.85. The number of nitrogens with one attached hydrogen (secondary N) is 1. The molecule has 0 spiro atoms. The summed E-state index contributed by atoms with van der Waals surface area (Å²) in [5.74, 6) is -0.0741. The van der Waals surface area contributed by atoms with Gasteiger partial charge in [0.15, 0.2) is 5.78 Å². The van der Waals surface area contributed by atoms with E-state index in [0.29, 0.717) is 16.8 Å². The zero-order chi connectivity index (χ0) is 17.2. The molecule has 2 aromatic rings. The normalized spacial score (nSPS) is 12.2. The van der Waals surface area contributed by atoms with Crippen molar-refractivity contribution in [3.63, 3.8) is 0 Å². The third-order valence-corrected chi connectivity index (χ3v) is 3.30. The molecule has 0 aliphatic carbocycles. The molecule has 0 fully saturated rings. The average molecular weight is 317 g/mol. The lowest BCUT2D eigenvalue weighted by Gasteiger charge is -2.07. The van der Waals surface area contributed by atoms with Crippen molar-refractivity contribution in [3.8, 4) is 0 Å². The highest BCUT2D eigenvalue weighted by Crippen LogP contribution is 2.13. The van der Waals surface area contributed by atoms with Crippen molar-refractivity contribution in [3.05, 3.63) is 102 Å². The van der Waals surface area contributed by atoms with E-state index in [1.807, 2.05) is 48.5 Å². The molecule has 24 heavy (non-hydrogen) atoms. The quantitative estimate of drug-likeness (QED) is 0.361. The van der Waals surface area contributed by atoms with Crippen molar-refractivity contribution < 1.29 is 9.59 Å². The van der Waals surface area contributed by atoms with Crippen LogP contribution in [0.5, 0.6) is 0 Å². The summed E-state index contributed by atoms with van der Waals surface area (Å²) in [6.45, 7) is 1.73. The van der Waals surface area contributed by atoms with Gasteiger partial charge in [0, 0.05) is 23.5 Å². The van der Waals surface area contributed by atoms with E-state index in [-0.39, 0.29) is 5.78 Å². The first-order chi connectivity index (χ1) is 11.7. The molecule has 1 N–H and O–H groups in total. The van der Waals surface area contributed by atoms with Crippen molar-refractivity contribution in [1.29, 1.82) is 0 Å². The molecule has 0 unspecified atom stereocenters. The van der Waals surface area contributed by atoms with E-state index in [2.05, 4.69) is 5.32 Å². The average Bonchev–Trinajstić information content (AvgIpc) is 2.65. The molecule has 3 nitrogen and oxygen atoms in total. The van der Waals surface area contributed by atoms with Gasteiger partial charge in [-0.25, -0.2) is 0 Å². The van der Waals surface area contributed by atoms with Crippen LogP contribution >= 0.6 is 0 Å². The summed E-state index contributed by atoms with van der Waals surface area (Å²) >= 11 is 0. The number of carbonyl (C=O) groups is 2. The topological polar surface area (TPSA) is 46.2 Å². The van der Waals surface area contributed by atoms with E-state index in [1.54, 1.807) is 43.5 Å². The summed E-state index contributed by atoms with van der Waals surface area (Å²) in [7, 11) is 0. The summed E-state index contributed by atoms with van der Waals surface area (Å²) in [6, 6.07) is 18.7. The van der Waals surface area contributed by atoms with Crippen LogP contribution in [-0.2, 0) is 4.79 Å². The van der Waals surface area contributed by atoms with Crippen LogP contribution in [-0.4, -0.2) is 12.1 Å². The zero-order valence-corrected chi connectivity index (χ0v) is 13.5. The third kappa shape index (κ3) is 5.21. The van der Waals surface area contributed by atoms with Crippen LogP contribution < -0.4 is 5.32 Å². The van der Waals surface area contributed by atoms with Crippen molar-refractivity contribution >= 4 is 17.8 Å². The summed E-state index contributed by atoms with van der Waals surface area (Å²) in [4.78, 5) is 23.0. The molecule has 2 rings (SSSR count). The lowest BCUT2D eigenvalue weighted by molar-refractivity contribution is -0.104. The standard InChI is InChI=1S/C21H19NO2/c1-17(16-23)9-8-14-22-20(18-10-4-2-5-11-18)15-21(24)19-12-6-3-7-13-19/h2-16,22H,1H3/b14-8+,17-9+,20-15+. The maximum absolute atomic E-state index is 12.4. The maximum Gasteiger partial charge on any atom is 0.187 e. The van der Waals surface area contributed by atoms with Crippen LogP contribution in [0.4, 0.5) is 0 Å². The second kappa shape index (κ2) is 9.06. The summed E-state index contributed by atoms with van der Waals surface area (Å²) in [5, 5.41) is 3.12. The molecule has 120 valence electrons. The third-order valence-electron chi connectivity index (χ3n) is 3.30. The van der Waals surface area contributed by atoms with Crippen LogP contribution in [0.1, 0.15) is 22.8 Å². The maximum atomic E-state index is 12.4. The molecule has 0 aliphatic rings. The first-order valence-electron chi connectivity index (χ1n) is 7.62. The lowest BCUT2D eigenvalue weighted by Crippen LogP contribution is -2.07. The monoisotopic (exact) mass is 317 g/mol. The van der Waals surface area contributed by atoms with Gasteiger partial charge in [-0.2, -0.15) is 0 Å². The fourth-order valence-corrected chi connectivity index (χ4v) is 2.02. The molecule has 0 aromatic heterocycles. The number of hydrogen-bond donors (Lipinski definition) is 1. The van der Waals surface area contributed by atoms with Gasteiger partial charge in [0.2, 0.25) is 0 Å². The lowest BCUT2D eigenvalue weighted by atomic mass is 10.1. The largest absolute Gasteiger partial charge is 0.361 e. The van der Waals surface area contributed by atoms with Crippen molar-refractivity contribution in [2.24, 2.45) is 0 Å². The summed E-state index contributed by atoms with van der Waals surface area (Å²) < 4.78 is 0. The van der Waals surface area contributed by atoms with E-state index in [9.17, 15) is 9.59 Å². The highest BCUT2D eigenvalue weighted by Gasteiger charge is 2.05. The second-order valence-electron chi connectivity index (χ2n) is 5.19. The minimum atomic E-state index is -0.0741. The van der Waals surface area contributed by atoms with Crippen LogP contribution in [0.25, 0.3) is 5.70 Å². The van der Waals surface area contributed by atoms with Crippen LogP contribution in [0.15, 0.2) is 90.7 Å². The van der Waals surface area contributed by atoms with Gasteiger partial charge in [-0.1, -0.05) is 66.7 Å². The fourth-order valence-electron chi connectivity index (χ4n) is 2.02. The number of benzene rings is 2. The van der Waals surface area contributed by atoms with E-state index >= 15 is 0 Å². The van der Waals surface area contributed by atoms with E-state index in [0.717, 1.165) is 11.8 Å². The van der Waals surface area contributed by atoms with Gasteiger partial charge in [-0.15, -0.1) is 0 Å². The molecule has 0 saturated carbocycles. The Hall–Kier alpha value is -3.20. The Bertz CT molecular complexity index is 772. The van der Waals surface area contributed by atoms with Gasteiger partial charge in [0.1, 0.15) is 6.29 Å². The molecule has 0 atom stereocenters. The molecule has 0 radical (unpaired) electrons. The van der Waals surface area contributed by atoms with Gasteiger partial charge in [-0.05, 0) is 24.1 Å². The fraction of sp³-hybridized carbons (Fsp3) is 0.0476. The Morgan fingerprint density at radius 2 is 1.50 bits per heavy atom. The predicted molar refractivity (Wildman–Crippen MR) is 97.3 cm³/mol. The molecule has 0 heterocycles. The smallest absolute Gasteiger partial charge is 0.187 e. The van der Waals surface area contributed by atoms with Crippen molar-refractivity contribution in [2.75, 3.05) is 0 Å². The number of allylic oxidation sites excluding steroid dienone is 4. The van der Waals surface area contributed by atoms with Gasteiger partial charge >= 0.3 is 0 Å². The SMILES string of the molecule is C/C(C=O)=C\C=C\N/C(=C/C(=O)c1ccccc1)c1ccccc1. The highest BCUT2D eigenvalue weighted by molar-refractivity contribution is 6.08. The molecule has 3 heteroatoms. The van der Waals surface area contributed by atoms with Crippen molar-refractivity contribution in [2.45, 2.75) is 6.92 Å². The molecule has 0 bridgehead atoms. The molecule has 2 aromatic carbocycles. The molecule has 0 amide bonds. The Labute approximate surface area is 142 Å². The predicted octanol–water partition coefficient (Wildman–Crippen LogP) is 4.16. The van der Waals surface area contributed by atoms with Crippen LogP contribution in [0, 0.1) is 0 Å². The Morgan fingerprint density at radius 3 is 2.08 bits per heavy atom. The Kier molecular flexibility index (Phi) is 6.47. The van der Waals surface area contributed by atoms with E-state index in [4.69, 9.17) is 0 Å². The van der Waals surface area contributed by atoms with Crippen molar-refractivity contribution in [1.82, 2.24) is 5.32 Å². The molecule has 0 aliphatic heterocycles. The number of carbonyl (C=O) groups excluding carboxylic acids is 2. The number of hydrogen-bond acceptors (Lipinski definition) is 3. The highest BCUT2D eigenvalue weighted by atomic mass is 16.1. The minimum Gasteiger partial charge on any atom is -0.361 e. The van der Waals surface area contributed by atoms with Gasteiger partial charge in [0.05, 0.1) is 0 Å². The van der Waals surface area contributed by atoms with Crippen LogP contribution in [0.2, 0.25) is 0 Å². The summed E-state index contributed by atoms with van der Waals surface area (Å²) in [6.07, 6.45) is 7.49. The molecule has 0 saturated heterocycles. The number of ketones is 1. The van der Waals surface area contributed by atoms with Gasteiger partial charge in [0.25, 0.3) is 0 Å². The number of rotatable bonds is 7.